The van der Waals surface area contributed by atoms with Gasteiger partial charge in [0.15, 0.2) is 0 Å². The smallest absolute Gasteiger partial charge is 0.128 e. The molecule has 1 aromatic carbocycles. The van der Waals surface area contributed by atoms with E-state index in [1.54, 1.807) is 23.6 Å². The summed E-state index contributed by atoms with van der Waals surface area (Å²) in [6, 6.07) is 5.33. The molecular formula is C13H14FN3S. The molecule has 18 heavy (non-hydrogen) atoms. The van der Waals surface area contributed by atoms with Gasteiger partial charge in [-0.15, -0.1) is 11.3 Å². The third kappa shape index (κ3) is 1.94. The lowest BCUT2D eigenvalue weighted by atomic mass is 10.0. The number of halogens is 1. The number of fused-ring (bicyclic) bond motifs is 1. The molecule has 0 bridgehead atoms. The highest BCUT2D eigenvalue weighted by atomic mass is 32.1. The second-order valence-electron chi connectivity index (χ2n) is 4.39. The van der Waals surface area contributed by atoms with Crippen molar-refractivity contribution < 1.29 is 4.39 Å². The van der Waals surface area contributed by atoms with Crippen LogP contribution in [-0.4, -0.2) is 16.4 Å². The van der Waals surface area contributed by atoms with Crippen molar-refractivity contribution in [3.63, 3.8) is 0 Å². The molecule has 0 saturated heterocycles. The molecule has 2 aromatic rings. The monoisotopic (exact) mass is 263 g/mol. The third-order valence-electron chi connectivity index (χ3n) is 3.36. The van der Waals surface area contributed by atoms with E-state index in [0.717, 1.165) is 22.7 Å². The molecule has 1 aliphatic heterocycles. The first-order chi connectivity index (χ1) is 8.79. The number of rotatable bonds is 3. The van der Waals surface area contributed by atoms with Gasteiger partial charge in [-0.05, 0) is 11.6 Å². The number of hydrogen-bond acceptors (Lipinski definition) is 4. The van der Waals surface area contributed by atoms with Gasteiger partial charge in [0.1, 0.15) is 10.8 Å². The van der Waals surface area contributed by atoms with Gasteiger partial charge in [-0.25, -0.2) is 9.37 Å². The zero-order valence-electron chi connectivity index (χ0n) is 9.84. The molecule has 5 heteroatoms. The van der Waals surface area contributed by atoms with Crippen LogP contribution in [0.5, 0.6) is 0 Å². The average Bonchev–Trinajstić information content (AvgIpc) is 2.97. The number of nitrogens with zero attached hydrogens (tertiary/aromatic N) is 2. The summed E-state index contributed by atoms with van der Waals surface area (Å²) in [5, 5.41) is 3.00. The van der Waals surface area contributed by atoms with Crippen LogP contribution in [0.1, 0.15) is 22.2 Å². The molecule has 0 saturated carbocycles. The maximum atomic E-state index is 13.8. The van der Waals surface area contributed by atoms with Crippen molar-refractivity contribution in [1.29, 1.82) is 0 Å². The Bertz CT molecular complexity index is 541. The predicted octanol–water partition coefficient (Wildman–Crippen LogP) is 2.30. The number of nitrogens with two attached hydrogens (primary N) is 1. The topological polar surface area (TPSA) is 42.1 Å². The molecule has 3 rings (SSSR count). The Balaban J connectivity index is 1.89. The van der Waals surface area contributed by atoms with E-state index in [2.05, 4.69) is 9.88 Å². The van der Waals surface area contributed by atoms with Crippen LogP contribution >= 0.6 is 11.3 Å². The van der Waals surface area contributed by atoms with Crippen molar-refractivity contribution in [3.05, 3.63) is 51.7 Å². The lowest BCUT2D eigenvalue weighted by Gasteiger charge is -2.22. The van der Waals surface area contributed by atoms with E-state index >= 15 is 0 Å². The Morgan fingerprint density at radius 3 is 3.11 bits per heavy atom. The van der Waals surface area contributed by atoms with Crippen LogP contribution in [0.15, 0.2) is 29.8 Å². The van der Waals surface area contributed by atoms with Crippen molar-refractivity contribution in [3.8, 4) is 0 Å². The van der Waals surface area contributed by atoms with Crippen LogP contribution in [0.2, 0.25) is 0 Å². The van der Waals surface area contributed by atoms with Crippen LogP contribution < -0.4 is 5.73 Å². The van der Waals surface area contributed by atoms with Crippen molar-refractivity contribution in [2.75, 3.05) is 6.54 Å². The molecule has 1 aromatic heterocycles. The molecule has 2 N–H and O–H groups in total. The van der Waals surface area contributed by atoms with E-state index in [-0.39, 0.29) is 11.9 Å². The van der Waals surface area contributed by atoms with Gasteiger partial charge in [-0.3, -0.25) is 4.90 Å². The third-order valence-corrected chi connectivity index (χ3v) is 4.13. The lowest BCUT2D eigenvalue weighted by molar-refractivity contribution is 0.209. The maximum Gasteiger partial charge on any atom is 0.128 e. The Morgan fingerprint density at radius 1 is 1.50 bits per heavy atom. The molecule has 0 spiro atoms. The van der Waals surface area contributed by atoms with Crippen LogP contribution in [-0.2, 0) is 13.1 Å². The SMILES string of the molecule is NCC1c2cccc(F)c2CN1Cc1nccs1. The van der Waals surface area contributed by atoms with Gasteiger partial charge in [-0.1, -0.05) is 12.1 Å². The molecule has 0 fully saturated rings. The van der Waals surface area contributed by atoms with Gasteiger partial charge < -0.3 is 5.73 Å². The second kappa shape index (κ2) is 4.76. The molecule has 2 heterocycles. The normalized spacial score (nSPS) is 19.1. The van der Waals surface area contributed by atoms with Gasteiger partial charge in [0.05, 0.1) is 6.54 Å². The molecular weight excluding hydrogens is 249 g/mol. The first kappa shape index (κ1) is 11.8. The van der Waals surface area contributed by atoms with E-state index in [4.69, 9.17) is 5.73 Å². The molecule has 3 nitrogen and oxygen atoms in total. The molecule has 0 aliphatic carbocycles. The predicted molar refractivity (Wildman–Crippen MR) is 69.6 cm³/mol. The van der Waals surface area contributed by atoms with E-state index in [1.165, 1.54) is 6.07 Å². The highest BCUT2D eigenvalue weighted by Gasteiger charge is 2.31. The molecule has 0 amide bonds. The Labute approximate surface area is 109 Å². The van der Waals surface area contributed by atoms with Gasteiger partial charge in [0, 0.05) is 36.3 Å². The van der Waals surface area contributed by atoms with E-state index in [1.807, 2.05) is 11.4 Å². The van der Waals surface area contributed by atoms with Crippen molar-refractivity contribution in [2.24, 2.45) is 5.73 Å². The molecule has 1 unspecified atom stereocenters. The largest absolute Gasteiger partial charge is 0.329 e. The summed E-state index contributed by atoms with van der Waals surface area (Å²) in [7, 11) is 0. The quantitative estimate of drug-likeness (QED) is 0.924. The zero-order valence-corrected chi connectivity index (χ0v) is 10.7. The Hall–Kier alpha value is -1.30. The van der Waals surface area contributed by atoms with Gasteiger partial charge in [0.25, 0.3) is 0 Å². The summed E-state index contributed by atoms with van der Waals surface area (Å²) in [6.45, 7) is 1.85. The fourth-order valence-electron chi connectivity index (χ4n) is 2.51. The Morgan fingerprint density at radius 2 is 2.39 bits per heavy atom. The van der Waals surface area contributed by atoms with Gasteiger partial charge in [0.2, 0.25) is 0 Å². The van der Waals surface area contributed by atoms with Crippen molar-refractivity contribution in [2.45, 2.75) is 19.1 Å². The van der Waals surface area contributed by atoms with Crippen molar-refractivity contribution in [1.82, 2.24) is 9.88 Å². The summed E-state index contributed by atoms with van der Waals surface area (Å²) in [4.78, 5) is 6.46. The summed E-state index contributed by atoms with van der Waals surface area (Å²) >= 11 is 1.62. The summed E-state index contributed by atoms with van der Waals surface area (Å²) < 4.78 is 13.8. The summed E-state index contributed by atoms with van der Waals surface area (Å²) in [5.74, 6) is -0.132. The number of aromatic nitrogens is 1. The molecule has 0 radical (unpaired) electrons. The highest BCUT2D eigenvalue weighted by Crippen LogP contribution is 2.35. The van der Waals surface area contributed by atoms with Gasteiger partial charge >= 0.3 is 0 Å². The van der Waals surface area contributed by atoms with Crippen LogP contribution in [0, 0.1) is 5.82 Å². The minimum Gasteiger partial charge on any atom is -0.329 e. The van der Waals surface area contributed by atoms with Crippen LogP contribution in [0.3, 0.4) is 0 Å². The minimum atomic E-state index is -0.132. The van der Waals surface area contributed by atoms with Crippen molar-refractivity contribution >= 4 is 11.3 Å². The second-order valence-corrected chi connectivity index (χ2v) is 5.37. The molecule has 1 atom stereocenters. The van der Waals surface area contributed by atoms with Crippen LogP contribution in [0.4, 0.5) is 4.39 Å². The zero-order chi connectivity index (χ0) is 12.5. The first-order valence-corrected chi connectivity index (χ1v) is 6.77. The van der Waals surface area contributed by atoms with E-state index in [0.29, 0.717) is 13.1 Å². The fourth-order valence-corrected chi connectivity index (χ4v) is 3.15. The van der Waals surface area contributed by atoms with Gasteiger partial charge in [-0.2, -0.15) is 0 Å². The van der Waals surface area contributed by atoms with E-state index < -0.39 is 0 Å². The molecule has 94 valence electrons. The number of hydrogen-bond donors (Lipinski definition) is 1. The summed E-state index contributed by atoms with van der Waals surface area (Å²) in [6.07, 6.45) is 1.79. The number of thiazole rings is 1. The standard InChI is InChI=1S/C13H14FN3S/c14-11-3-1-2-9-10(11)7-17(12(9)6-15)8-13-16-4-5-18-13/h1-5,12H,6-8,15H2. The molecule has 1 aliphatic rings. The Kier molecular flexibility index (Phi) is 3.11. The lowest BCUT2D eigenvalue weighted by Crippen LogP contribution is -2.27. The maximum absolute atomic E-state index is 13.8. The van der Waals surface area contributed by atoms with Crippen LogP contribution in [0.25, 0.3) is 0 Å². The first-order valence-electron chi connectivity index (χ1n) is 5.89. The highest BCUT2D eigenvalue weighted by molar-refractivity contribution is 7.09. The van der Waals surface area contributed by atoms with E-state index in [9.17, 15) is 4.39 Å². The summed E-state index contributed by atoms with van der Waals surface area (Å²) in [5.41, 5.74) is 7.64. The fraction of sp³-hybridized carbons (Fsp3) is 0.308. The number of benzene rings is 1. The minimum absolute atomic E-state index is 0.0969. The average molecular weight is 263 g/mol.